The molecule has 0 amide bonds. The number of aryl methyl sites for hydroxylation is 1. The molecule has 0 atom stereocenters. The summed E-state index contributed by atoms with van der Waals surface area (Å²) >= 11 is 0. The van der Waals surface area contributed by atoms with Gasteiger partial charge >= 0.3 is 0 Å². The molecule has 0 aliphatic carbocycles. The number of nitrogens with zero attached hydrogens (tertiary/aromatic N) is 9. The molecular weight excluding hydrogens is 525 g/mol. The highest BCUT2D eigenvalue weighted by atomic mass is 19.1. The van der Waals surface area contributed by atoms with Crippen LogP contribution in [-0.4, -0.2) is 69.3 Å². The van der Waals surface area contributed by atoms with E-state index < -0.39 is 5.60 Å². The van der Waals surface area contributed by atoms with Crippen LogP contribution in [0.15, 0.2) is 72.2 Å². The number of halogens is 1. The third-order valence-electron chi connectivity index (χ3n) is 8.12. The zero-order valence-corrected chi connectivity index (χ0v) is 22.5. The minimum atomic E-state index is -1.01. The third kappa shape index (κ3) is 4.89. The zero-order valence-electron chi connectivity index (χ0n) is 22.5. The molecule has 2 aliphatic rings. The second kappa shape index (κ2) is 10.2. The van der Waals surface area contributed by atoms with Gasteiger partial charge in [-0.05, 0) is 61.2 Å². The van der Waals surface area contributed by atoms with E-state index in [1.54, 1.807) is 23.1 Å². The molecule has 3 aromatic heterocycles. The summed E-state index contributed by atoms with van der Waals surface area (Å²) in [5, 5.41) is 20.5. The van der Waals surface area contributed by atoms with Gasteiger partial charge in [0.2, 0.25) is 5.95 Å². The van der Waals surface area contributed by atoms with Crippen molar-refractivity contribution in [3.63, 3.8) is 0 Å². The van der Waals surface area contributed by atoms with Crippen molar-refractivity contribution in [1.82, 2.24) is 39.0 Å². The van der Waals surface area contributed by atoms with Crippen LogP contribution in [0.4, 0.5) is 16.0 Å². The van der Waals surface area contributed by atoms with Gasteiger partial charge in [-0.15, -0.1) is 0 Å². The fourth-order valence-electron chi connectivity index (χ4n) is 5.82. The highest BCUT2D eigenvalue weighted by molar-refractivity contribution is 5.75. The summed E-state index contributed by atoms with van der Waals surface area (Å²) in [7, 11) is 0. The van der Waals surface area contributed by atoms with Crippen LogP contribution in [0.2, 0.25) is 0 Å². The summed E-state index contributed by atoms with van der Waals surface area (Å²) in [6, 6.07) is 14.4. The highest BCUT2D eigenvalue weighted by Gasteiger charge is 2.33. The second-order valence-electron chi connectivity index (χ2n) is 10.9. The molecule has 0 spiro atoms. The van der Waals surface area contributed by atoms with Crippen LogP contribution in [0.1, 0.15) is 24.8 Å². The van der Waals surface area contributed by atoms with Crippen molar-refractivity contribution < 1.29 is 9.50 Å². The van der Waals surface area contributed by atoms with Crippen LogP contribution < -0.4 is 10.5 Å². The molecule has 11 nitrogen and oxygen atoms in total. The first kappa shape index (κ1) is 25.5. The Hall–Kier alpha value is -4.42. The number of likely N-dealkylation sites (tertiary alicyclic amines) is 1. The maximum Gasteiger partial charge on any atom is 0.264 e. The van der Waals surface area contributed by atoms with Crippen molar-refractivity contribution in [2.75, 3.05) is 24.5 Å². The summed E-state index contributed by atoms with van der Waals surface area (Å²) in [4.78, 5) is 26.7. The van der Waals surface area contributed by atoms with E-state index in [2.05, 4.69) is 30.0 Å². The van der Waals surface area contributed by atoms with E-state index >= 15 is 0 Å². The van der Waals surface area contributed by atoms with Gasteiger partial charge < -0.3 is 10.0 Å². The predicted molar refractivity (Wildman–Crippen MR) is 151 cm³/mol. The normalized spacial score (nSPS) is 17.2. The molecule has 210 valence electrons. The van der Waals surface area contributed by atoms with Crippen LogP contribution >= 0.6 is 0 Å². The predicted octanol–water partition coefficient (Wildman–Crippen LogP) is 2.88. The molecular formula is C29H30FN9O2. The number of fused-ring (bicyclic) bond motifs is 2. The Bertz CT molecular complexity index is 1740. The molecule has 2 aromatic carbocycles. The molecule has 5 aromatic rings. The minimum absolute atomic E-state index is 0.166. The molecule has 1 saturated heterocycles. The molecule has 5 heterocycles. The van der Waals surface area contributed by atoms with Crippen LogP contribution in [0.5, 0.6) is 0 Å². The van der Waals surface area contributed by atoms with Gasteiger partial charge in [0.05, 0.1) is 24.0 Å². The Morgan fingerprint density at radius 3 is 2.44 bits per heavy atom. The lowest BCUT2D eigenvalue weighted by molar-refractivity contribution is -0.0364. The van der Waals surface area contributed by atoms with Crippen LogP contribution in [0, 0.1) is 5.82 Å². The number of aliphatic hydroxyl groups is 1. The Labute approximate surface area is 235 Å². The number of benzene rings is 2. The number of aromatic nitrogens is 7. The number of hydrogen-bond acceptors (Lipinski definition) is 8. The van der Waals surface area contributed by atoms with Crippen LogP contribution in [0.25, 0.3) is 16.7 Å². The lowest BCUT2D eigenvalue weighted by Gasteiger charge is -2.38. The topological polar surface area (TPSA) is 110 Å². The molecule has 2 aliphatic heterocycles. The number of hydrogen-bond donors (Lipinski definition) is 1. The zero-order chi connectivity index (χ0) is 28.0. The molecule has 41 heavy (non-hydrogen) atoms. The average Bonchev–Trinajstić information content (AvgIpc) is 3.65. The van der Waals surface area contributed by atoms with E-state index in [0.29, 0.717) is 43.5 Å². The Morgan fingerprint density at radius 2 is 1.66 bits per heavy atom. The van der Waals surface area contributed by atoms with Gasteiger partial charge in [-0.2, -0.15) is 15.2 Å². The van der Waals surface area contributed by atoms with Crippen molar-refractivity contribution in [1.29, 1.82) is 0 Å². The maximum atomic E-state index is 13.4. The first-order valence-electron chi connectivity index (χ1n) is 13.8. The standard InChI is InChI=1S/C29H30FN9O2/c30-22-4-2-21(3-5-22)17-35-14-10-29(41,11-15-35)18-36-20-32-26-25(27(36)40)16-33-39(26)24-8-6-23(7-9-24)37-12-1-13-38-28(37)31-19-34-38/h2-9,16,19-20,41H,1,10-15,17-18H2. The van der Waals surface area contributed by atoms with Gasteiger partial charge in [0.15, 0.2) is 5.65 Å². The quantitative estimate of drug-likeness (QED) is 0.341. The van der Waals surface area contributed by atoms with E-state index in [1.165, 1.54) is 29.2 Å². The van der Waals surface area contributed by atoms with Crippen molar-refractivity contribution >= 4 is 22.7 Å². The van der Waals surface area contributed by atoms with Crippen molar-refractivity contribution in [3.05, 3.63) is 89.1 Å². The number of anilines is 2. The first-order valence-corrected chi connectivity index (χ1v) is 13.8. The van der Waals surface area contributed by atoms with Gasteiger partial charge in [0.25, 0.3) is 5.56 Å². The molecule has 0 unspecified atom stereocenters. The molecule has 1 N–H and O–H groups in total. The van der Waals surface area contributed by atoms with Gasteiger partial charge in [-0.25, -0.2) is 18.7 Å². The van der Waals surface area contributed by atoms with Crippen molar-refractivity contribution in [3.8, 4) is 5.69 Å². The molecule has 0 saturated carbocycles. The van der Waals surface area contributed by atoms with E-state index in [4.69, 9.17) is 0 Å². The largest absolute Gasteiger partial charge is 0.388 e. The molecule has 1 fully saturated rings. The summed E-state index contributed by atoms with van der Waals surface area (Å²) in [6.07, 6.45) is 6.66. The lowest BCUT2D eigenvalue weighted by Crippen LogP contribution is -2.47. The summed E-state index contributed by atoms with van der Waals surface area (Å²) < 4.78 is 18.3. The summed E-state index contributed by atoms with van der Waals surface area (Å²) in [6.45, 7) is 3.95. The molecule has 12 heteroatoms. The molecule has 0 bridgehead atoms. The SMILES string of the molecule is O=c1c2cnn(-c3ccc(N4CCCn5ncnc54)cc3)c2ncn1CC1(O)CCN(Cc2ccc(F)cc2)CC1. The Kier molecular flexibility index (Phi) is 6.36. The summed E-state index contributed by atoms with van der Waals surface area (Å²) in [5.41, 5.74) is 2.06. The van der Waals surface area contributed by atoms with Crippen molar-refractivity contribution in [2.45, 2.75) is 44.5 Å². The van der Waals surface area contributed by atoms with Gasteiger partial charge in [0, 0.05) is 38.4 Å². The van der Waals surface area contributed by atoms with Crippen molar-refractivity contribution in [2.24, 2.45) is 0 Å². The first-order chi connectivity index (χ1) is 20.0. The van der Waals surface area contributed by atoms with E-state index in [-0.39, 0.29) is 17.9 Å². The van der Waals surface area contributed by atoms with E-state index in [9.17, 15) is 14.3 Å². The fourth-order valence-corrected chi connectivity index (χ4v) is 5.82. The number of piperidine rings is 1. The fraction of sp³-hybridized carbons (Fsp3) is 0.345. The Balaban J connectivity index is 1.05. The van der Waals surface area contributed by atoms with E-state index in [1.807, 2.05) is 28.9 Å². The summed E-state index contributed by atoms with van der Waals surface area (Å²) in [5.74, 6) is 0.581. The monoisotopic (exact) mass is 555 g/mol. The van der Waals surface area contributed by atoms with Crippen LogP contribution in [-0.2, 0) is 19.6 Å². The highest BCUT2D eigenvalue weighted by Crippen LogP contribution is 2.28. The maximum absolute atomic E-state index is 13.4. The molecule has 7 rings (SSSR count). The lowest BCUT2D eigenvalue weighted by atomic mass is 9.91. The van der Waals surface area contributed by atoms with Crippen LogP contribution in [0.3, 0.4) is 0 Å². The van der Waals surface area contributed by atoms with E-state index in [0.717, 1.165) is 42.4 Å². The Morgan fingerprint density at radius 1 is 0.902 bits per heavy atom. The van der Waals surface area contributed by atoms with Gasteiger partial charge in [-0.3, -0.25) is 14.3 Å². The number of rotatable bonds is 6. The third-order valence-corrected chi connectivity index (χ3v) is 8.12. The second-order valence-corrected chi connectivity index (χ2v) is 10.9. The smallest absolute Gasteiger partial charge is 0.264 e. The molecule has 0 radical (unpaired) electrons. The minimum Gasteiger partial charge on any atom is -0.388 e. The van der Waals surface area contributed by atoms with Gasteiger partial charge in [-0.1, -0.05) is 12.1 Å². The van der Waals surface area contributed by atoms with Gasteiger partial charge in [0.1, 0.15) is 23.9 Å². The average molecular weight is 556 g/mol.